The summed E-state index contributed by atoms with van der Waals surface area (Å²) in [5, 5.41) is 3.50. The topological polar surface area (TPSA) is 41.6 Å². The quantitative estimate of drug-likeness (QED) is 0.550. The fourth-order valence-electron chi connectivity index (χ4n) is 5.99. The lowest BCUT2D eigenvalue weighted by Gasteiger charge is -2.46. The molecule has 2 fully saturated rings. The fourth-order valence-corrected chi connectivity index (χ4v) is 6.15. The Morgan fingerprint density at radius 3 is 2.38 bits per heavy atom. The summed E-state index contributed by atoms with van der Waals surface area (Å²) in [7, 11) is 1.66. The van der Waals surface area contributed by atoms with E-state index in [2.05, 4.69) is 5.32 Å². The number of rotatable bonds is 4. The number of fused-ring (bicyclic) bond motifs is 1. The third-order valence-corrected chi connectivity index (χ3v) is 7.33. The fraction of sp³-hybridized carbons (Fsp3) is 0.500. The standard InChI is InChI=1S/C26H30ClF3N2O2/c1-24(2,3)13-19-26(31-6,16-11-10-14(27)12-18(16)29)20(15-8-7-9-17(28)21(15)30)22-23(33)34-25(4,5)32(19)22/h7-12,19-20,22,31H,13H2,1-6H3/t19-,20-,22+,26?/m0/s1. The monoisotopic (exact) mass is 494 g/mol. The van der Waals surface area contributed by atoms with Gasteiger partial charge in [-0.05, 0) is 56.5 Å². The lowest BCUT2D eigenvalue weighted by atomic mass is 9.67. The zero-order valence-electron chi connectivity index (χ0n) is 20.2. The first-order valence-corrected chi connectivity index (χ1v) is 11.7. The van der Waals surface area contributed by atoms with Crippen LogP contribution in [0.25, 0.3) is 0 Å². The SMILES string of the molecule is CNC1(c2ccc(Cl)cc2F)[C@H](CC(C)(C)C)N2[C@@H](C(=O)OC2(C)C)[C@@H]1c1cccc(F)c1F. The smallest absolute Gasteiger partial charge is 0.325 e. The van der Waals surface area contributed by atoms with Gasteiger partial charge in [-0.15, -0.1) is 0 Å². The first kappa shape index (κ1) is 25.0. The van der Waals surface area contributed by atoms with Crippen molar-refractivity contribution in [2.24, 2.45) is 5.41 Å². The molecule has 2 aromatic carbocycles. The molecule has 0 aromatic heterocycles. The molecule has 0 spiro atoms. The zero-order chi connectivity index (χ0) is 25.2. The number of nitrogens with zero attached hydrogens (tertiary/aromatic N) is 1. The van der Waals surface area contributed by atoms with Crippen LogP contribution in [0.2, 0.25) is 5.02 Å². The van der Waals surface area contributed by atoms with Crippen LogP contribution in [0, 0.1) is 22.9 Å². The molecule has 0 amide bonds. The number of carbonyl (C=O) groups is 1. The molecule has 1 N–H and O–H groups in total. The molecule has 4 nitrogen and oxygen atoms in total. The van der Waals surface area contributed by atoms with E-state index in [1.165, 1.54) is 18.2 Å². The Bertz CT molecular complexity index is 1130. The Balaban J connectivity index is 2.11. The van der Waals surface area contributed by atoms with Gasteiger partial charge in [0.15, 0.2) is 17.4 Å². The van der Waals surface area contributed by atoms with Crippen molar-refractivity contribution in [1.82, 2.24) is 10.2 Å². The van der Waals surface area contributed by atoms with Crippen LogP contribution in [-0.4, -0.2) is 35.7 Å². The number of likely N-dealkylation sites (N-methyl/N-ethyl adjacent to an activating group) is 1. The van der Waals surface area contributed by atoms with Crippen LogP contribution >= 0.6 is 11.6 Å². The second kappa shape index (κ2) is 8.25. The average molecular weight is 495 g/mol. The zero-order valence-corrected chi connectivity index (χ0v) is 20.9. The number of esters is 1. The first-order valence-electron chi connectivity index (χ1n) is 11.3. The van der Waals surface area contributed by atoms with E-state index < -0.39 is 52.7 Å². The summed E-state index contributed by atoms with van der Waals surface area (Å²) in [4.78, 5) is 15.2. The van der Waals surface area contributed by atoms with Crippen molar-refractivity contribution in [3.63, 3.8) is 0 Å². The van der Waals surface area contributed by atoms with Gasteiger partial charge in [0, 0.05) is 22.5 Å². The van der Waals surface area contributed by atoms with Gasteiger partial charge in [0.2, 0.25) is 0 Å². The van der Waals surface area contributed by atoms with E-state index in [9.17, 15) is 9.18 Å². The summed E-state index contributed by atoms with van der Waals surface area (Å²) >= 11 is 6.06. The summed E-state index contributed by atoms with van der Waals surface area (Å²) in [5.74, 6) is -4.21. The van der Waals surface area contributed by atoms with Crippen LogP contribution in [0.15, 0.2) is 36.4 Å². The van der Waals surface area contributed by atoms with Gasteiger partial charge in [-0.25, -0.2) is 18.1 Å². The molecule has 0 radical (unpaired) electrons. The third-order valence-electron chi connectivity index (χ3n) is 7.09. The van der Waals surface area contributed by atoms with Gasteiger partial charge >= 0.3 is 5.97 Å². The number of hydrogen-bond donors (Lipinski definition) is 1. The molecule has 34 heavy (non-hydrogen) atoms. The maximum Gasteiger partial charge on any atom is 0.325 e. The van der Waals surface area contributed by atoms with Crippen LogP contribution < -0.4 is 5.32 Å². The molecule has 8 heteroatoms. The Kier molecular flexibility index (Phi) is 6.07. The number of halogens is 4. The molecule has 2 heterocycles. The Labute approximate surface area is 203 Å². The molecule has 0 saturated carbocycles. The third kappa shape index (κ3) is 3.73. The number of nitrogens with one attached hydrogen (secondary N) is 1. The molecule has 4 atom stereocenters. The molecule has 0 bridgehead atoms. The highest BCUT2D eigenvalue weighted by Gasteiger charge is 2.70. The van der Waals surface area contributed by atoms with Gasteiger partial charge < -0.3 is 10.1 Å². The van der Waals surface area contributed by atoms with Crippen molar-refractivity contribution in [3.8, 4) is 0 Å². The molecule has 184 valence electrons. The van der Waals surface area contributed by atoms with Gasteiger partial charge in [0.25, 0.3) is 0 Å². The van der Waals surface area contributed by atoms with Crippen LogP contribution in [0.1, 0.15) is 58.1 Å². The van der Waals surface area contributed by atoms with E-state index in [0.717, 1.165) is 6.07 Å². The highest BCUT2D eigenvalue weighted by molar-refractivity contribution is 6.30. The van der Waals surface area contributed by atoms with Gasteiger partial charge in [-0.2, -0.15) is 0 Å². The predicted octanol–water partition coefficient (Wildman–Crippen LogP) is 5.74. The summed E-state index contributed by atoms with van der Waals surface area (Å²) in [5.41, 5.74) is -2.36. The minimum absolute atomic E-state index is 0.00948. The summed E-state index contributed by atoms with van der Waals surface area (Å²) in [6, 6.07) is 6.76. The Hall–Kier alpha value is -2.09. The van der Waals surface area contributed by atoms with E-state index in [1.807, 2.05) is 25.7 Å². The van der Waals surface area contributed by atoms with E-state index in [1.54, 1.807) is 33.0 Å². The second-order valence-corrected chi connectivity index (χ2v) is 11.3. The van der Waals surface area contributed by atoms with E-state index in [4.69, 9.17) is 16.3 Å². The van der Waals surface area contributed by atoms with Crippen molar-refractivity contribution >= 4 is 17.6 Å². The van der Waals surface area contributed by atoms with Crippen molar-refractivity contribution in [2.45, 2.75) is 70.3 Å². The molecule has 4 rings (SSSR count). The van der Waals surface area contributed by atoms with Gasteiger partial charge in [-0.1, -0.05) is 50.6 Å². The van der Waals surface area contributed by atoms with Gasteiger partial charge in [0.1, 0.15) is 11.9 Å². The molecule has 2 saturated heterocycles. The second-order valence-electron chi connectivity index (χ2n) is 10.9. The van der Waals surface area contributed by atoms with Crippen molar-refractivity contribution in [1.29, 1.82) is 0 Å². The highest BCUT2D eigenvalue weighted by Crippen LogP contribution is 2.59. The highest BCUT2D eigenvalue weighted by atomic mass is 35.5. The number of hydrogen-bond acceptors (Lipinski definition) is 4. The van der Waals surface area contributed by atoms with E-state index in [-0.39, 0.29) is 21.6 Å². The largest absolute Gasteiger partial charge is 0.443 e. The minimum atomic E-state index is -1.29. The van der Waals surface area contributed by atoms with Crippen LogP contribution in [0.3, 0.4) is 0 Å². The summed E-state index contributed by atoms with van der Waals surface area (Å²) < 4.78 is 51.2. The molecule has 2 aliphatic rings. The molecule has 1 unspecified atom stereocenters. The summed E-state index contributed by atoms with van der Waals surface area (Å²) in [6.07, 6.45) is 0.514. The Morgan fingerprint density at radius 1 is 1.12 bits per heavy atom. The van der Waals surface area contributed by atoms with Crippen LogP contribution in [0.4, 0.5) is 13.2 Å². The number of cyclic esters (lactones) is 1. The van der Waals surface area contributed by atoms with E-state index >= 15 is 8.78 Å². The lowest BCUT2D eigenvalue weighted by molar-refractivity contribution is -0.153. The van der Waals surface area contributed by atoms with Crippen molar-refractivity contribution in [2.75, 3.05) is 7.05 Å². The Morgan fingerprint density at radius 2 is 1.79 bits per heavy atom. The minimum Gasteiger partial charge on any atom is -0.443 e. The van der Waals surface area contributed by atoms with E-state index in [0.29, 0.717) is 6.42 Å². The lowest BCUT2D eigenvalue weighted by Crippen LogP contribution is -2.58. The van der Waals surface area contributed by atoms with Gasteiger partial charge in [0.05, 0.1) is 5.54 Å². The maximum atomic E-state index is 15.6. The summed E-state index contributed by atoms with van der Waals surface area (Å²) in [6.45, 7) is 9.67. The number of ether oxygens (including phenoxy) is 1. The number of carbonyl (C=O) groups excluding carboxylic acids is 1. The molecule has 2 aromatic rings. The van der Waals surface area contributed by atoms with Crippen LogP contribution in [0.5, 0.6) is 0 Å². The predicted molar refractivity (Wildman–Crippen MR) is 125 cm³/mol. The van der Waals surface area contributed by atoms with Crippen LogP contribution in [-0.2, 0) is 15.1 Å². The van der Waals surface area contributed by atoms with Crippen molar-refractivity contribution < 1.29 is 22.7 Å². The normalized spacial score (nSPS) is 28.8. The van der Waals surface area contributed by atoms with Crippen molar-refractivity contribution in [3.05, 3.63) is 70.0 Å². The molecule has 2 aliphatic heterocycles. The number of benzene rings is 2. The molecular formula is C26H30ClF3N2O2. The maximum absolute atomic E-state index is 15.6. The molecule has 0 aliphatic carbocycles. The first-order chi connectivity index (χ1) is 15.7. The molecular weight excluding hydrogens is 465 g/mol. The van der Waals surface area contributed by atoms with Gasteiger partial charge in [-0.3, -0.25) is 4.79 Å². The average Bonchev–Trinajstić information content (AvgIpc) is 3.12.